The van der Waals surface area contributed by atoms with Crippen LogP contribution in [0.3, 0.4) is 0 Å². The third-order valence-electron chi connectivity index (χ3n) is 2.47. The van der Waals surface area contributed by atoms with E-state index in [1.165, 1.54) is 24.3 Å². The molecule has 0 bridgehead atoms. The van der Waals surface area contributed by atoms with Gasteiger partial charge in [-0.05, 0) is 42.0 Å². The maximum Gasteiger partial charge on any atom is 0.453 e. The normalized spacial score (nSPS) is 11.8. The van der Waals surface area contributed by atoms with Crippen LogP contribution in [0.2, 0.25) is 0 Å². The minimum absolute atomic E-state index is 0.296. The fraction of sp³-hybridized carbons (Fsp3) is 0.167. The molecule has 2 N–H and O–H groups in total. The summed E-state index contributed by atoms with van der Waals surface area (Å²) in [5.74, 6) is -2.08. The van der Waals surface area contributed by atoms with Crippen molar-refractivity contribution in [1.29, 1.82) is 0 Å². The minimum atomic E-state index is -4.70. The molecule has 2 rings (SSSR count). The van der Waals surface area contributed by atoms with Crippen molar-refractivity contribution in [2.45, 2.75) is 6.18 Å². The van der Waals surface area contributed by atoms with Crippen LogP contribution in [0.1, 0.15) is 11.4 Å². The van der Waals surface area contributed by atoms with E-state index in [-0.39, 0.29) is 4.77 Å². The number of benzene rings is 1. The maximum atomic E-state index is 12.7. The van der Waals surface area contributed by atoms with E-state index in [0.29, 0.717) is 16.0 Å². The molecular formula is C12H9F3N4O3S. The topological polar surface area (TPSA) is 92.5 Å². The summed E-state index contributed by atoms with van der Waals surface area (Å²) in [4.78, 5) is 10.4. The number of rotatable bonds is 5. The highest BCUT2D eigenvalue weighted by atomic mass is 32.1. The van der Waals surface area contributed by atoms with E-state index in [0.717, 1.165) is 6.21 Å². The van der Waals surface area contributed by atoms with Gasteiger partial charge in [0.15, 0.2) is 6.61 Å². The van der Waals surface area contributed by atoms with Crippen molar-refractivity contribution in [3.05, 3.63) is 40.4 Å². The molecular weight excluding hydrogens is 337 g/mol. The fourth-order valence-electron chi connectivity index (χ4n) is 1.50. The summed E-state index contributed by atoms with van der Waals surface area (Å²) in [6, 6.07) is 5.92. The molecule has 7 nitrogen and oxygen atoms in total. The van der Waals surface area contributed by atoms with Crippen molar-refractivity contribution in [2.75, 3.05) is 6.61 Å². The first-order valence-corrected chi connectivity index (χ1v) is 6.42. The molecule has 0 unspecified atom stereocenters. The van der Waals surface area contributed by atoms with E-state index in [2.05, 4.69) is 10.2 Å². The second kappa shape index (κ2) is 6.60. The van der Waals surface area contributed by atoms with Gasteiger partial charge in [-0.25, -0.2) is 9.89 Å². The Morgan fingerprint density at radius 3 is 2.65 bits per heavy atom. The van der Waals surface area contributed by atoms with Crippen LogP contribution in [0.4, 0.5) is 13.2 Å². The van der Waals surface area contributed by atoms with Gasteiger partial charge in [0.2, 0.25) is 4.77 Å². The van der Waals surface area contributed by atoms with Crippen molar-refractivity contribution < 1.29 is 27.8 Å². The van der Waals surface area contributed by atoms with Crippen LogP contribution in [-0.2, 0) is 11.0 Å². The largest absolute Gasteiger partial charge is 0.482 e. The number of carboxylic acid groups (broad SMARTS) is 1. The second-order valence-electron chi connectivity index (χ2n) is 4.16. The number of halogens is 3. The molecule has 122 valence electrons. The van der Waals surface area contributed by atoms with Crippen molar-refractivity contribution in [3.8, 4) is 5.75 Å². The Balaban J connectivity index is 2.17. The number of aromatic nitrogens is 3. The molecule has 0 spiro atoms. The van der Waals surface area contributed by atoms with E-state index in [4.69, 9.17) is 22.1 Å². The van der Waals surface area contributed by atoms with Gasteiger partial charge >= 0.3 is 12.1 Å². The monoisotopic (exact) mass is 346 g/mol. The average Bonchev–Trinajstić information content (AvgIpc) is 2.85. The van der Waals surface area contributed by atoms with Gasteiger partial charge in [0, 0.05) is 0 Å². The van der Waals surface area contributed by atoms with Crippen molar-refractivity contribution in [2.24, 2.45) is 5.10 Å². The zero-order chi connectivity index (χ0) is 17.0. The van der Waals surface area contributed by atoms with Gasteiger partial charge in [0.05, 0.1) is 6.21 Å². The first-order chi connectivity index (χ1) is 10.8. The lowest BCUT2D eigenvalue weighted by Crippen LogP contribution is -2.12. The number of aliphatic carboxylic acids is 1. The minimum Gasteiger partial charge on any atom is -0.482 e. The molecule has 0 aliphatic rings. The summed E-state index contributed by atoms with van der Waals surface area (Å²) in [5, 5.41) is 17.2. The zero-order valence-corrected chi connectivity index (χ0v) is 12.1. The summed E-state index contributed by atoms with van der Waals surface area (Å²) in [7, 11) is 0. The van der Waals surface area contributed by atoms with Gasteiger partial charge in [-0.2, -0.15) is 22.9 Å². The molecule has 1 heterocycles. The lowest BCUT2D eigenvalue weighted by atomic mass is 10.2. The molecule has 1 aromatic carbocycles. The molecule has 0 amide bonds. The summed E-state index contributed by atoms with van der Waals surface area (Å²) >= 11 is 4.69. The van der Waals surface area contributed by atoms with Crippen LogP contribution >= 0.6 is 12.2 Å². The SMILES string of the molecule is O=C(O)COc1ccc(/C=N\n2c(C(F)(F)F)n[nH]c2=S)cc1. The number of H-pyrrole nitrogens is 1. The predicted molar refractivity (Wildman–Crippen MR) is 75.0 cm³/mol. The second-order valence-corrected chi connectivity index (χ2v) is 4.54. The Kier molecular flexibility index (Phi) is 4.79. The van der Waals surface area contributed by atoms with E-state index in [9.17, 15) is 18.0 Å². The van der Waals surface area contributed by atoms with Crippen LogP contribution < -0.4 is 4.74 Å². The number of carbonyl (C=O) groups is 1. The molecule has 0 saturated carbocycles. The van der Waals surface area contributed by atoms with Crippen LogP contribution in [0, 0.1) is 4.77 Å². The van der Waals surface area contributed by atoms with Gasteiger partial charge in [0.1, 0.15) is 5.75 Å². The lowest BCUT2D eigenvalue weighted by Gasteiger charge is -2.04. The van der Waals surface area contributed by atoms with Crippen LogP contribution in [0.5, 0.6) is 5.75 Å². The number of alkyl halides is 3. The first kappa shape index (κ1) is 16.7. The predicted octanol–water partition coefficient (Wildman–Crippen LogP) is 2.31. The van der Waals surface area contributed by atoms with Gasteiger partial charge in [-0.1, -0.05) is 0 Å². The van der Waals surface area contributed by atoms with Gasteiger partial charge in [-0.3, -0.25) is 0 Å². The number of hydrogen-bond acceptors (Lipinski definition) is 5. The van der Waals surface area contributed by atoms with E-state index in [1.54, 1.807) is 0 Å². The third kappa shape index (κ3) is 4.39. The third-order valence-corrected chi connectivity index (χ3v) is 2.73. The standard InChI is InChI=1S/C12H9F3N4O3S/c13-12(14,15)10-17-18-11(23)19(10)16-5-7-1-3-8(4-2-7)22-6-9(20)21/h1-5H,6H2,(H,18,23)(H,20,21)/b16-5-. The smallest absolute Gasteiger partial charge is 0.453 e. The molecule has 0 fully saturated rings. The highest BCUT2D eigenvalue weighted by Gasteiger charge is 2.37. The number of carboxylic acids is 1. The van der Waals surface area contributed by atoms with Gasteiger partial charge in [0.25, 0.3) is 5.82 Å². The average molecular weight is 346 g/mol. The highest BCUT2D eigenvalue weighted by molar-refractivity contribution is 7.71. The number of hydrogen-bond donors (Lipinski definition) is 2. The molecule has 0 saturated heterocycles. The molecule has 0 aliphatic heterocycles. The number of nitrogens with zero attached hydrogens (tertiary/aromatic N) is 3. The lowest BCUT2D eigenvalue weighted by molar-refractivity contribution is -0.147. The summed E-state index contributed by atoms with van der Waals surface area (Å²) in [6.45, 7) is -0.493. The molecule has 2 aromatic rings. The molecule has 0 aliphatic carbocycles. The first-order valence-electron chi connectivity index (χ1n) is 6.01. The van der Waals surface area contributed by atoms with Crippen molar-refractivity contribution >= 4 is 24.4 Å². The van der Waals surface area contributed by atoms with Crippen LogP contribution in [0.15, 0.2) is 29.4 Å². The summed E-state index contributed by atoms with van der Waals surface area (Å²) in [6.07, 6.45) is -3.54. The Morgan fingerprint density at radius 1 is 1.43 bits per heavy atom. The van der Waals surface area contributed by atoms with E-state index < -0.39 is 24.6 Å². The van der Waals surface area contributed by atoms with E-state index in [1.807, 2.05) is 5.10 Å². The Morgan fingerprint density at radius 2 is 2.09 bits per heavy atom. The van der Waals surface area contributed by atoms with Crippen molar-refractivity contribution in [3.63, 3.8) is 0 Å². The van der Waals surface area contributed by atoms with Gasteiger partial charge < -0.3 is 9.84 Å². The Labute approximate surface area is 132 Å². The maximum absolute atomic E-state index is 12.7. The fourth-order valence-corrected chi connectivity index (χ4v) is 1.68. The summed E-state index contributed by atoms with van der Waals surface area (Å²) in [5.41, 5.74) is 0.462. The quantitative estimate of drug-likeness (QED) is 0.640. The van der Waals surface area contributed by atoms with Crippen molar-refractivity contribution in [1.82, 2.24) is 14.9 Å². The van der Waals surface area contributed by atoms with Gasteiger partial charge in [-0.15, -0.1) is 5.10 Å². The van der Waals surface area contributed by atoms with Crippen LogP contribution in [-0.4, -0.2) is 38.8 Å². The zero-order valence-electron chi connectivity index (χ0n) is 11.2. The molecule has 11 heteroatoms. The molecule has 1 aromatic heterocycles. The summed E-state index contributed by atoms with van der Waals surface area (Å²) < 4.78 is 43.2. The van der Waals surface area contributed by atoms with E-state index >= 15 is 0 Å². The van der Waals surface area contributed by atoms with Crippen LogP contribution in [0.25, 0.3) is 0 Å². The Bertz CT molecular complexity index is 780. The highest BCUT2D eigenvalue weighted by Crippen LogP contribution is 2.27. The molecule has 23 heavy (non-hydrogen) atoms. The molecule has 0 radical (unpaired) electrons. The number of nitrogens with one attached hydrogen (secondary N) is 1. The number of aromatic amines is 1. The Hall–Kier alpha value is -2.69. The number of ether oxygens (including phenoxy) is 1. The molecule has 0 atom stereocenters.